The number of thiazole rings is 1. The molecule has 4 heteroatoms. The maximum atomic E-state index is 13.6. The molecule has 0 unspecified atom stereocenters. The quantitative estimate of drug-likeness (QED) is 0.337. The molecule has 26 heavy (non-hydrogen) atoms. The molecule has 0 spiro atoms. The van der Waals surface area contributed by atoms with Crippen LogP contribution < -0.4 is 0 Å². The van der Waals surface area contributed by atoms with Crippen molar-refractivity contribution in [3.05, 3.63) is 101 Å². The van der Waals surface area contributed by atoms with Gasteiger partial charge in [-0.15, -0.1) is 11.3 Å². The first kappa shape index (κ1) is 16.4. The predicted molar refractivity (Wildman–Crippen MR) is 105 cm³/mol. The Kier molecular flexibility index (Phi) is 4.42. The van der Waals surface area contributed by atoms with E-state index >= 15 is 0 Å². The van der Waals surface area contributed by atoms with E-state index in [9.17, 15) is 9.18 Å². The van der Waals surface area contributed by atoms with Gasteiger partial charge in [0, 0.05) is 5.56 Å². The second-order valence-corrected chi connectivity index (χ2v) is 6.83. The molecule has 1 heterocycles. The first-order valence-electron chi connectivity index (χ1n) is 8.14. The number of para-hydroxylation sites is 1. The number of benzene rings is 3. The van der Waals surface area contributed by atoms with E-state index in [0.29, 0.717) is 21.7 Å². The van der Waals surface area contributed by atoms with E-state index < -0.39 is 0 Å². The molecule has 4 rings (SSSR count). The van der Waals surface area contributed by atoms with Gasteiger partial charge in [-0.1, -0.05) is 54.6 Å². The molecule has 0 amide bonds. The first-order chi connectivity index (χ1) is 12.7. The highest BCUT2D eigenvalue weighted by Gasteiger charge is 2.18. The molecule has 0 atom stereocenters. The topological polar surface area (TPSA) is 30.0 Å². The van der Waals surface area contributed by atoms with Crippen molar-refractivity contribution in [2.45, 2.75) is 0 Å². The molecule has 0 aliphatic rings. The lowest BCUT2D eigenvalue weighted by molar-refractivity contribution is 0.105. The minimum atomic E-state index is -0.338. The summed E-state index contributed by atoms with van der Waals surface area (Å²) in [6, 6.07) is 23.0. The van der Waals surface area contributed by atoms with Crippen molar-refractivity contribution >= 4 is 39.0 Å². The van der Waals surface area contributed by atoms with Crippen molar-refractivity contribution in [3.8, 4) is 0 Å². The predicted octanol–water partition coefficient (Wildman–Crippen LogP) is 5.86. The number of fused-ring (bicyclic) bond motifs is 1. The van der Waals surface area contributed by atoms with E-state index in [2.05, 4.69) is 4.98 Å². The van der Waals surface area contributed by atoms with Crippen LogP contribution in [-0.2, 0) is 0 Å². The number of hydrogen-bond donors (Lipinski definition) is 0. The smallest absolute Gasteiger partial charge is 0.196 e. The van der Waals surface area contributed by atoms with Crippen LogP contribution in [-0.4, -0.2) is 10.8 Å². The number of aromatic nitrogens is 1. The lowest BCUT2D eigenvalue weighted by atomic mass is 10.0. The number of Topliss-reactive ketones (excluding diaryl/α,β-unsaturated/α-hetero) is 1. The van der Waals surface area contributed by atoms with Crippen molar-refractivity contribution in [2.75, 3.05) is 0 Å². The minimum absolute atomic E-state index is 0.131. The summed E-state index contributed by atoms with van der Waals surface area (Å²) >= 11 is 1.46. The molecule has 0 N–H and O–H groups in total. The highest BCUT2D eigenvalue weighted by atomic mass is 32.1. The van der Waals surface area contributed by atoms with E-state index in [4.69, 9.17) is 0 Å². The van der Waals surface area contributed by atoms with E-state index in [-0.39, 0.29) is 11.6 Å². The lowest BCUT2D eigenvalue weighted by Gasteiger charge is -2.05. The third kappa shape index (κ3) is 3.32. The van der Waals surface area contributed by atoms with Gasteiger partial charge in [0.05, 0.1) is 15.8 Å². The third-order valence-corrected chi connectivity index (χ3v) is 5.03. The van der Waals surface area contributed by atoms with Crippen LogP contribution in [0.1, 0.15) is 20.9 Å². The summed E-state index contributed by atoms with van der Waals surface area (Å²) in [6.07, 6.45) is 1.70. The van der Waals surface area contributed by atoms with Crippen LogP contribution in [0.15, 0.2) is 78.9 Å². The van der Waals surface area contributed by atoms with Gasteiger partial charge in [-0.2, -0.15) is 0 Å². The van der Waals surface area contributed by atoms with Crippen LogP contribution in [0.25, 0.3) is 21.9 Å². The number of carbonyl (C=O) groups is 1. The van der Waals surface area contributed by atoms with Gasteiger partial charge in [0.1, 0.15) is 10.8 Å². The molecular formula is C22H14FNOS. The summed E-state index contributed by atoms with van der Waals surface area (Å²) in [5.74, 6) is -0.469. The maximum Gasteiger partial charge on any atom is 0.196 e. The number of carbonyl (C=O) groups excluding carboxylic acids is 1. The summed E-state index contributed by atoms with van der Waals surface area (Å²) in [5.41, 5.74) is 2.51. The van der Waals surface area contributed by atoms with E-state index in [1.807, 2.05) is 42.5 Å². The van der Waals surface area contributed by atoms with E-state index in [1.165, 1.54) is 23.5 Å². The van der Waals surface area contributed by atoms with Crippen molar-refractivity contribution in [1.82, 2.24) is 4.98 Å². The largest absolute Gasteiger partial charge is 0.288 e. The van der Waals surface area contributed by atoms with Crippen molar-refractivity contribution in [1.29, 1.82) is 0 Å². The van der Waals surface area contributed by atoms with Crippen molar-refractivity contribution < 1.29 is 9.18 Å². The average molecular weight is 359 g/mol. The number of hydrogen-bond acceptors (Lipinski definition) is 3. The van der Waals surface area contributed by atoms with Crippen LogP contribution in [0.2, 0.25) is 0 Å². The molecule has 0 saturated carbocycles. The molecule has 3 aromatic carbocycles. The molecule has 1 aromatic heterocycles. The van der Waals surface area contributed by atoms with Gasteiger partial charge in [-0.3, -0.25) is 4.79 Å². The summed E-state index contributed by atoms with van der Waals surface area (Å²) in [5, 5.41) is 0.629. The van der Waals surface area contributed by atoms with Gasteiger partial charge < -0.3 is 0 Å². The fourth-order valence-electron chi connectivity index (χ4n) is 2.72. The molecule has 0 radical (unpaired) electrons. The van der Waals surface area contributed by atoms with Gasteiger partial charge in [0.15, 0.2) is 5.78 Å². The maximum absolute atomic E-state index is 13.6. The van der Waals surface area contributed by atoms with Gasteiger partial charge in [-0.05, 0) is 35.9 Å². The highest BCUT2D eigenvalue weighted by Crippen LogP contribution is 2.30. The van der Waals surface area contributed by atoms with Crippen molar-refractivity contribution in [3.63, 3.8) is 0 Å². The van der Waals surface area contributed by atoms with E-state index in [1.54, 1.807) is 30.3 Å². The number of ketones is 1. The van der Waals surface area contributed by atoms with Crippen LogP contribution >= 0.6 is 11.3 Å². The molecule has 126 valence electrons. The summed E-state index contributed by atoms with van der Waals surface area (Å²) in [6.45, 7) is 0. The Morgan fingerprint density at radius 1 is 0.923 bits per heavy atom. The first-order valence-corrected chi connectivity index (χ1v) is 8.95. The highest BCUT2D eigenvalue weighted by molar-refractivity contribution is 7.20. The van der Waals surface area contributed by atoms with Gasteiger partial charge in [-0.25, -0.2) is 9.37 Å². The molecule has 4 aromatic rings. The number of rotatable bonds is 4. The SMILES string of the molecule is O=C(C(=Cc1cccc(F)c1)c1nc2ccccc2s1)c1ccccc1. The van der Waals surface area contributed by atoms with Crippen LogP contribution in [0, 0.1) is 5.82 Å². The third-order valence-electron chi connectivity index (χ3n) is 3.96. The van der Waals surface area contributed by atoms with Crippen LogP contribution in [0.3, 0.4) is 0 Å². The fraction of sp³-hybridized carbons (Fsp3) is 0. The van der Waals surface area contributed by atoms with Crippen LogP contribution in [0.5, 0.6) is 0 Å². The molecule has 0 saturated heterocycles. The van der Waals surface area contributed by atoms with Gasteiger partial charge >= 0.3 is 0 Å². The Bertz CT molecular complexity index is 1080. The summed E-state index contributed by atoms with van der Waals surface area (Å²) in [4.78, 5) is 17.7. The number of allylic oxidation sites excluding steroid dienone is 1. The zero-order valence-corrected chi connectivity index (χ0v) is 14.5. The Labute approximate surface area is 154 Å². The summed E-state index contributed by atoms with van der Waals surface area (Å²) in [7, 11) is 0. The fourth-order valence-corrected chi connectivity index (χ4v) is 3.70. The Morgan fingerprint density at radius 2 is 1.69 bits per heavy atom. The Hall–Kier alpha value is -3.11. The molecule has 0 bridgehead atoms. The minimum Gasteiger partial charge on any atom is -0.288 e. The number of halogens is 1. The Morgan fingerprint density at radius 3 is 2.46 bits per heavy atom. The van der Waals surface area contributed by atoms with Gasteiger partial charge in [0.25, 0.3) is 0 Å². The van der Waals surface area contributed by atoms with Crippen LogP contribution in [0.4, 0.5) is 4.39 Å². The average Bonchev–Trinajstić information content (AvgIpc) is 3.10. The molecule has 2 nitrogen and oxygen atoms in total. The van der Waals surface area contributed by atoms with Crippen molar-refractivity contribution in [2.24, 2.45) is 0 Å². The lowest BCUT2D eigenvalue weighted by Crippen LogP contribution is -2.02. The second-order valence-electron chi connectivity index (χ2n) is 5.79. The Balaban J connectivity index is 1.87. The van der Waals surface area contributed by atoms with E-state index in [0.717, 1.165) is 10.2 Å². The second kappa shape index (κ2) is 7.02. The molecular weight excluding hydrogens is 345 g/mol. The summed E-state index contributed by atoms with van der Waals surface area (Å²) < 4.78 is 14.6. The monoisotopic (exact) mass is 359 g/mol. The van der Waals surface area contributed by atoms with Gasteiger partial charge in [0.2, 0.25) is 0 Å². The standard InChI is InChI=1S/C22H14FNOS/c23-17-10-6-7-15(13-17)14-18(21(25)16-8-2-1-3-9-16)22-24-19-11-4-5-12-20(19)26-22/h1-14H. The zero-order valence-electron chi connectivity index (χ0n) is 13.7. The molecule has 0 aliphatic heterocycles. The molecule has 0 fully saturated rings. The molecule has 0 aliphatic carbocycles. The zero-order chi connectivity index (χ0) is 17.9. The number of nitrogens with zero attached hydrogens (tertiary/aromatic N) is 1. The normalized spacial score (nSPS) is 11.7.